The van der Waals surface area contributed by atoms with Crippen LogP contribution in [0.5, 0.6) is 5.75 Å². The summed E-state index contributed by atoms with van der Waals surface area (Å²) < 4.78 is 26.9. The molecule has 3 nitrogen and oxygen atoms in total. The summed E-state index contributed by atoms with van der Waals surface area (Å²) in [6.07, 6.45) is 1.04. The molecule has 0 aliphatic heterocycles. The molecule has 0 radical (unpaired) electrons. The SMILES string of the molecule is CS(=O)(=O)Oc1cccc2ccccc12.[NaH]. The van der Waals surface area contributed by atoms with Crippen molar-refractivity contribution in [3.05, 3.63) is 42.5 Å². The normalized spacial score (nSPS) is 10.8. The van der Waals surface area contributed by atoms with Crippen molar-refractivity contribution >= 4 is 50.4 Å². The molecule has 0 amide bonds. The van der Waals surface area contributed by atoms with E-state index in [4.69, 9.17) is 4.18 Å². The van der Waals surface area contributed by atoms with Crippen LogP contribution in [0.4, 0.5) is 0 Å². The Morgan fingerprint density at radius 1 is 1.00 bits per heavy atom. The maximum atomic E-state index is 11.0. The molecular weight excluding hydrogens is 235 g/mol. The molecule has 2 aromatic rings. The number of hydrogen-bond donors (Lipinski definition) is 0. The molecule has 16 heavy (non-hydrogen) atoms. The molecule has 0 saturated carbocycles. The van der Waals surface area contributed by atoms with Crippen LogP contribution >= 0.6 is 0 Å². The van der Waals surface area contributed by atoms with E-state index in [-0.39, 0.29) is 29.6 Å². The molecule has 2 aromatic carbocycles. The molecule has 0 saturated heterocycles. The Morgan fingerprint density at radius 2 is 1.62 bits per heavy atom. The predicted octanol–water partition coefficient (Wildman–Crippen LogP) is 1.53. The van der Waals surface area contributed by atoms with E-state index in [1.54, 1.807) is 12.1 Å². The van der Waals surface area contributed by atoms with E-state index >= 15 is 0 Å². The zero-order chi connectivity index (χ0) is 10.9. The summed E-state index contributed by atoms with van der Waals surface area (Å²) in [5, 5.41) is 1.75. The monoisotopic (exact) mass is 246 g/mol. The van der Waals surface area contributed by atoms with Crippen LogP contribution in [0, 0.1) is 0 Å². The zero-order valence-corrected chi connectivity index (χ0v) is 8.99. The first kappa shape index (κ1) is 13.5. The van der Waals surface area contributed by atoms with Crippen LogP contribution in [-0.4, -0.2) is 44.2 Å². The summed E-state index contributed by atoms with van der Waals surface area (Å²) in [5.74, 6) is 0.371. The average molecular weight is 246 g/mol. The van der Waals surface area contributed by atoms with Crippen molar-refractivity contribution in [1.29, 1.82) is 0 Å². The molecule has 80 valence electrons. The molecule has 0 atom stereocenters. The van der Waals surface area contributed by atoms with Crippen LogP contribution in [0.2, 0.25) is 0 Å². The molecule has 0 aromatic heterocycles. The van der Waals surface area contributed by atoms with Gasteiger partial charge in [0.15, 0.2) is 0 Å². The summed E-state index contributed by atoms with van der Waals surface area (Å²) >= 11 is 0. The quantitative estimate of drug-likeness (QED) is 0.596. The zero-order valence-electron chi connectivity index (χ0n) is 8.17. The fraction of sp³-hybridized carbons (Fsp3) is 0.0909. The van der Waals surface area contributed by atoms with Crippen LogP contribution in [-0.2, 0) is 10.1 Å². The minimum absolute atomic E-state index is 0. The predicted molar refractivity (Wildman–Crippen MR) is 66.6 cm³/mol. The van der Waals surface area contributed by atoms with Gasteiger partial charge in [0.05, 0.1) is 6.26 Å². The Kier molecular flexibility index (Phi) is 4.38. The van der Waals surface area contributed by atoms with Gasteiger partial charge < -0.3 is 4.18 Å². The van der Waals surface area contributed by atoms with E-state index in [1.165, 1.54) is 0 Å². The second-order valence-corrected chi connectivity index (χ2v) is 4.84. The second kappa shape index (κ2) is 5.19. The van der Waals surface area contributed by atoms with Crippen molar-refractivity contribution in [1.82, 2.24) is 0 Å². The Hall–Kier alpha value is -0.550. The van der Waals surface area contributed by atoms with Crippen molar-refractivity contribution in [2.24, 2.45) is 0 Å². The van der Waals surface area contributed by atoms with Crippen molar-refractivity contribution in [3.63, 3.8) is 0 Å². The molecule has 0 spiro atoms. The summed E-state index contributed by atoms with van der Waals surface area (Å²) in [7, 11) is -3.47. The van der Waals surface area contributed by atoms with Gasteiger partial charge >= 0.3 is 39.7 Å². The summed E-state index contributed by atoms with van der Waals surface area (Å²) in [6, 6.07) is 12.8. The van der Waals surface area contributed by atoms with E-state index in [9.17, 15) is 8.42 Å². The molecule has 5 heteroatoms. The molecule has 2 rings (SSSR count). The topological polar surface area (TPSA) is 43.4 Å². The van der Waals surface area contributed by atoms with E-state index in [2.05, 4.69) is 0 Å². The first-order valence-electron chi connectivity index (χ1n) is 4.43. The molecule has 0 aliphatic carbocycles. The van der Waals surface area contributed by atoms with Gasteiger partial charge in [0.1, 0.15) is 5.75 Å². The van der Waals surface area contributed by atoms with Gasteiger partial charge in [-0.1, -0.05) is 36.4 Å². The Balaban J connectivity index is 0.00000128. The molecule has 0 heterocycles. The van der Waals surface area contributed by atoms with Crippen LogP contribution in [0.3, 0.4) is 0 Å². The van der Waals surface area contributed by atoms with Crippen molar-refractivity contribution in [2.45, 2.75) is 0 Å². The first-order valence-corrected chi connectivity index (χ1v) is 6.25. The van der Waals surface area contributed by atoms with Crippen LogP contribution in [0.1, 0.15) is 0 Å². The maximum absolute atomic E-state index is 11.0. The second-order valence-electron chi connectivity index (χ2n) is 3.26. The third-order valence-electron chi connectivity index (χ3n) is 1.99. The van der Waals surface area contributed by atoms with Crippen LogP contribution in [0.25, 0.3) is 10.8 Å². The van der Waals surface area contributed by atoms with Gasteiger partial charge in [0, 0.05) is 5.39 Å². The number of rotatable bonds is 2. The van der Waals surface area contributed by atoms with Crippen molar-refractivity contribution in [2.75, 3.05) is 6.26 Å². The number of benzene rings is 2. The van der Waals surface area contributed by atoms with Crippen molar-refractivity contribution < 1.29 is 12.6 Å². The standard InChI is InChI=1S/C11H10O3S.Na.H/c1-15(12,13)14-11-8-4-6-9-5-2-3-7-10(9)11;;/h2-8H,1H3;;. The van der Waals surface area contributed by atoms with Gasteiger partial charge in [-0.15, -0.1) is 0 Å². The summed E-state index contributed by atoms with van der Waals surface area (Å²) in [6.45, 7) is 0. The number of fused-ring (bicyclic) bond motifs is 1. The van der Waals surface area contributed by atoms with Gasteiger partial charge in [-0.25, -0.2) is 0 Å². The average Bonchev–Trinajstić information content (AvgIpc) is 2.16. The third-order valence-corrected chi connectivity index (χ3v) is 2.47. The Bertz CT molecular complexity index is 588. The fourth-order valence-electron chi connectivity index (χ4n) is 1.43. The first-order chi connectivity index (χ1) is 7.06. The molecule has 0 fully saturated rings. The van der Waals surface area contributed by atoms with Gasteiger partial charge in [-0.05, 0) is 11.5 Å². The van der Waals surface area contributed by atoms with Crippen LogP contribution < -0.4 is 4.18 Å². The van der Waals surface area contributed by atoms with E-state index in [0.717, 1.165) is 17.0 Å². The van der Waals surface area contributed by atoms with E-state index in [0.29, 0.717) is 5.75 Å². The fourth-order valence-corrected chi connectivity index (χ4v) is 1.90. The Labute approximate surface area is 117 Å². The van der Waals surface area contributed by atoms with Gasteiger partial charge in [0.2, 0.25) is 0 Å². The summed E-state index contributed by atoms with van der Waals surface area (Å²) in [5.41, 5.74) is 0. The van der Waals surface area contributed by atoms with Crippen LogP contribution in [0.15, 0.2) is 42.5 Å². The molecule has 0 bridgehead atoms. The third kappa shape index (κ3) is 3.22. The minimum atomic E-state index is -3.47. The molecule has 0 unspecified atom stereocenters. The molecular formula is C11H11NaO3S. The Morgan fingerprint density at radius 3 is 2.31 bits per heavy atom. The van der Waals surface area contributed by atoms with E-state index < -0.39 is 10.1 Å². The summed E-state index contributed by atoms with van der Waals surface area (Å²) in [4.78, 5) is 0. The van der Waals surface area contributed by atoms with Gasteiger partial charge in [-0.2, -0.15) is 8.42 Å². The molecule has 0 aliphatic rings. The van der Waals surface area contributed by atoms with E-state index in [1.807, 2.05) is 30.3 Å². The molecule has 0 N–H and O–H groups in total. The number of hydrogen-bond acceptors (Lipinski definition) is 3. The van der Waals surface area contributed by atoms with Gasteiger partial charge in [0.25, 0.3) is 0 Å². The van der Waals surface area contributed by atoms with Crippen molar-refractivity contribution in [3.8, 4) is 5.75 Å². The van der Waals surface area contributed by atoms with Gasteiger partial charge in [-0.3, -0.25) is 0 Å².